The first kappa shape index (κ1) is 26.6. The summed E-state index contributed by atoms with van der Waals surface area (Å²) in [5, 5.41) is 26.7. The van der Waals surface area contributed by atoms with E-state index in [0.29, 0.717) is 6.42 Å². The van der Waals surface area contributed by atoms with Gasteiger partial charge in [-0.25, -0.2) is 4.79 Å². The standard InChI is InChI=1S/C16H29N5O7S/c1-3-8(2)13(17)15(26)19-4-11(23)18-5-12(24)20-10(7-29)14(25)21-9(6-22)16(27)28/h8-10,13,22,29H,3-7,17H2,1-2H3,(H,18,23)(H,19,26)(H,20,24)(H,21,25)(H,27,28)/t8-,9-,10-,13-/m0/s1. The Morgan fingerprint density at radius 1 is 0.966 bits per heavy atom. The third-order valence-electron chi connectivity index (χ3n) is 4.06. The lowest BCUT2D eigenvalue weighted by Crippen LogP contribution is -2.55. The molecule has 0 radical (unpaired) electrons. The third-order valence-corrected chi connectivity index (χ3v) is 4.43. The van der Waals surface area contributed by atoms with Crippen LogP contribution < -0.4 is 27.0 Å². The Bertz CT molecular complexity index is 604. The molecule has 0 aliphatic carbocycles. The number of carboxylic acids is 1. The van der Waals surface area contributed by atoms with Crippen molar-refractivity contribution in [1.29, 1.82) is 0 Å². The zero-order valence-corrected chi connectivity index (χ0v) is 17.2. The maximum Gasteiger partial charge on any atom is 0.328 e. The molecule has 0 heterocycles. The molecule has 0 saturated carbocycles. The first-order valence-electron chi connectivity index (χ1n) is 8.91. The lowest BCUT2D eigenvalue weighted by Gasteiger charge is -2.19. The van der Waals surface area contributed by atoms with Crippen LogP contribution in [0.25, 0.3) is 0 Å². The molecular formula is C16H29N5O7S. The molecule has 0 bridgehead atoms. The van der Waals surface area contributed by atoms with Crippen LogP contribution in [0.2, 0.25) is 0 Å². The van der Waals surface area contributed by atoms with Gasteiger partial charge in [-0.1, -0.05) is 20.3 Å². The molecule has 0 spiro atoms. The van der Waals surface area contributed by atoms with Gasteiger partial charge < -0.3 is 37.2 Å². The van der Waals surface area contributed by atoms with Crippen LogP contribution in [0.4, 0.5) is 0 Å². The molecule has 0 fully saturated rings. The summed E-state index contributed by atoms with van der Waals surface area (Å²) in [6.45, 7) is 2.02. The fourth-order valence-electron chi connectivity index (χ4n) is 1.94. The highest BCUT2D eigenvalue weighted by atomic mass is 32.1. The Hall–Kier alpha value is -2.38. The molecule has 4 amide bonds. The number of nitrogens with two attached hydrogens (primary N) is 1. The molecule has 0 unspecified atom stereocenters. The Kier molecular flexibility index (Phi) is 12.6. The van der Waals surface area contributed by atoms with Gasteiger partial charge in [0.2, 0.25) is 23.6 Å². The first-order valence-corrected chi connectivity index (χ1v) is 9.54. The molecule has 0 aliphatic heterocycles. The molecule has 12 nitrogen and oxygen atoms in total. The molecule has 0 aromatic carbocycles. The molecule has 4 atom stereocenters. The predicted molar refractivity (Wildman–Crippen MR) is 106 cm³/mol. The number of thiol groups is 1. The van der Waals surface area contributed by atoms with Gasteiger partial charge in [0, 0.05) is 5.75 Å². The number of hydrogen-bond acceptors (Lipinski definition) is 8. The van der Waals surface area contributed by atoms with Crippen LogP contribution in [0.5, 0.6) is 0 Å². The highest BCUT2D eigenvalue weighted by molar-refractivity contribution is 7.80. The fraction of sp³-hybridized carbons (Fsp3) is 0.688. The summed E-state index contributed by atoms with van der Waals surface area (Å²) >= 11 is 3.91. The van der Waals surface area contributed by atoms with Gasteiger partial charge in [0.1, 0.15) is 12.1 Å². The van der Waals surface area contributed by atoms with Crippen molar-refractivity contribution in [2.24, 2.45) is 11.7 Å². The minimum Gasteiger partial charge on any atom is -0.480 e. The minimum absolute atomic E-state index is 0.0558. The minimum atomic E-state index is -1.52. The summed E-state index contributed by atoms with van der Waals surface area (Å²) in [5.74, 6) is -4.34. The van der Waals surface area contributed by atoms with Crippen LogP contribution >= 0.6 is 12.6 Å². The number of nitrogens with one attached hydrogen (secondary N) is 4. The lowest BCUT2D eigenvalue weighted by atomic mass is 9.99. The average molecular weight is 436 g/mol. The molecule has 0 rings (SSSR count). The van der Waals surface area contributed by atoms with Crippen LogP contribution in [0.3, 0.4) is 0 Å². The van der Waals surface area contributed by atoms with Gasteiger partial charge in [-0.2, -0.15) is 12.6 Å². The lowest BCUT2D eigenvalue weighted by molar-refractivity contribution is -0.143. The summed E-state index contributed by atoms with van der Waals surface area (Å²) in [4.78, 5) is 58.2. The third kappa shape index (κ3) is 10.1. The second-order valence-corrected chi connectivity index (χ2v) is 6.66. The van der Waals surface area contributed by atoms with Gasteiger partial charge in [0.15, 0.2) is 0 Å². The van der Waals surface area contributed by atoms with Crippen molar-refractivity contribution >= 4 is 42.2 Å². The van der Waals surface area contributed by atoms with E-state index >= 15 is 0 Å². The smallest absolute Gasteiger partial charge is 0.328 e. The van der Waals surface area contributed by atoms with Crippen LogP contribution in [0.15, 0.2) is 0 Å². The first-order chi connectivity index (χ1) is 13.6. The highest BCUT2D eigenvalue weighted by Gasteiger charge is 2.25. The van der Waals surface area contributed by atoms with Crippen LogP contribution in [-0.4, -0.2) is 83.4 Å². The maximum atomic E-state index is 11.9. The van der Waals surface area contributed by atoms with Crippen molar-refractivity contribution in [2.75, 3.05) is 25.4 Å². The number of carbonyl (C=O) groups excluding carboxylic acids is 4. The van der Waals surface area contributed by atoms with Gasteiger partial charge in [0.05, 0.1) is 25.7 Å². The molecule has 8 N–H and O–H groups in total. The van der Waals surface area contributed by atoms with Crippen LogP contribution in [-0.2, 0) is 24.0 Å². The van der Waals surface area contributed by atoms with Gasteiger partial charge >= 0.3 is 5.97 Å². The molecule has 0 aliphatic rings. The van der Waals surface area contributed by atoms with Gasteiger partial charge in [-0.05, 0) is 5.92 Å². The zero-order valence-electron chi connectivity index (χ0n) is 16.3. The van der Waals surface area contributed by atoms with Crippen molar-refractivity contribution in [1.82, 2.24) is 21.3 Å². The number of rotatable bonds is 13. The highest BCUT2D eigenvalue weighted by Crippen LogP contribution is 2.04. The number of aliphatic hydroxyl groups excluding tert-OH is 1. The van der Waals surface area contributed by atoms with Crippen molar-refractivity contribution in [3.05, 3.63) is 0 Å². The molecule has 0 aromatic heterocycles. The Labute approximate surface area is 173 Å². The monoisotopic (exact) mass is 435 g/mol. The van der Waals surface area contributed by atoms with Gasteiger partial charge in [-0.3, -0.25) is 19.2 Å². The molecule has 0 aromatic rings. The second kappa shape index (κ2) is 13.7. The summed E-state index contributed by atoms with van der Waals surface area (Å²) in [7, 11) is 0. The Morgan fingerprint density at radius 2 is 1.55 bits per heavy atom. The number of aliphatic carboxylic acids is 1. The number of carbonyl (C=O) groups is 5. The number of carboxylic acid groups (broad SMARTS) is 1. The molecule has 13 heteroatoms. The van der Waals surface area contributed by atoms with Gasteiger partial charge in [0.25, 0.3) is 0 Å². The molecular weight excluding hydrogens is 406 g/mol. The van der Waals surface area contributed by atoms with E-state index in [1.165, 1.54) is 0 Å². The molecule has 0 saturated heterocycles. The van der Waals surface area contributed by atoms with E-state index in [-0.39, 0.29) is 18.2 Å². The SMILES string of the molecule is CC[C@H](C)[C@H](N)C(=O)NCC(=O)NCC(=O)N[C@@H](CS)C(=O)N[C@@H](CO)C(=O)O. The van der Waals surface area contributed by atoms with Crippen LogP contribution in [0.1, 0.15) is 20.3 Å². The van der Waals surface area contributed by atoms with Crippen molar-refractivity contribution in [3.63, 3.8) is 0 Å². The Balaban J connectivity index is 4.41. The Morgan fingerprint density at radius 3 is 2.03 bits per heavy atom. The molecule has 166 valence electrons. The summed E-state index contributed by atoms with van der Waals surface area (Å²) < 4.78 is 0. The van der Waals surface area contributed by atoms with E-state index in [2.05, 4.69) is 28.6 Å². The van der Waals surface area contributed by atoms with Crippen molar-refractivity contribution < 1.29 is 34.2 Å². The van der Waals surface area contributed by atoms with Gasteiger partial charge in [-0.15, -0.1) is 0 Å². The molecule has 29 heavy (non-hydrogen) atoms. The largest absolute Gasteiger partial charge is 0.480 e. The number of hydrogen-bond donors (Lipinski definition) is 8. The van der Waals surface area contributed by atoms with Crippen LogP contribution in [0, 0.1) is 5.92 Å². The second-order valence-electron chi connectivity index (χ2n) is 6.29. The summed E-state index contributed by atoms with van der Waals surface area (Å²) in [6.07, 6.45) is 0.701. The fourth-order valence-corrected chi connectivity index (χ4v) is 2.19. The zero-order chi connectivity index (χ0) is 22.6. The predicted octanol–water partition coefficient (Wildman–Crippen LogP) is -3.43. The quantitative estimate of drug-likeness (QED) is 0.137. The van der Waals surface area contributed by atoms with E-state index in [4.69, 9.17) is 15.9 Å². The summed E-state index contributed by atoms with van der Waals surface area (Å²) in [6, 6.07) is -3.45. The number of amides is 4. The van der Waals surface area contributed by atoms with E-state index in [0.717, 1.165) is 0 Å². The topological polar surface area (TPSA) is 200 Å². The van der Waals surface area contributed by atoms with E-state index < -0.39 is 60.9 Å². The van der Waals surface area contributed by atoms with E-state index in [9.17, 15) is 24.0 Å². The van der Waals surface area contributed by atoms with E-state index in [1.807, 2.05) is 19.2 Å². The maximum absolute atomic E-state index is 11.9. The number of aliphatic hydroxyl groups is 1. The van der Waals surface area contributed by atoms with E-state index in [1.54, 1.807) is 0 Å². The average Bonchev–Trinajstić information content (AvgIpc) is 2.70. The van der Waals surface area contributed by atoms with Crippen molar-refractivity contribution in [3.8, 4) is 0 Å². The summed E-state index contributed by atoms with van der Waals surface area (Å²) in [5.41, 5.74) is 5.74. The normalized spacial score (nSPS) is 14.7. The van der Waals surface area contributed by atoms with Crippen molar-refractivity contribution in [2.45, 2.75) is 38.4 Å².